The third-order valence-corrected chi connectivity index (χ3v) is 9.49. The zero-order valence-electron chi connectivity index (χ0n) is 26.7. The van der Waals surface area contributed by atoms with Crippen molar-refractivity contribution in [3.63, 3.8) is 0 Å². The molecule has 1 atom stereocenters. The summed E-state index contributed by atoms with van der Waals surface area (Å²) in [5.74, 6) is 0.894. The molecule has 244 valence electrons. The van der Waals surface area contributed by atoms with Crippen molar-refractivity contribution in [2.75, 3.05) is 20.8 Å². The fraction of sp³-hybridized carbons (Fsp3) is 0.342. The number of rotatable bonds is 10. The first-order chi connectivity index (χ1) is 22.8. The first-order valence-electron chi connectivity index (χ1n) is 16.1. The van der Waals surface area contributed by atoms with Gasteiger partial charge in [0.2, 0.25) is 5.91 Å². The monoisotopic (exact) mass is 654 g/mol. The van der Waals surface area contributed by atoms with Crippen LogP contribution in [0.3, 0.4) is 0 Å². The molecular weight excluding hydrogens is 616 g/mol. The summed E-state index contributed by atoms with van der Waals surface area (Å²) in [5, 5.41) is 4.05. The average Bonchev–Trinajstić information content (AvgIpc) is 3.49. The number of nitrogens with one attached hydrogen (secondary N) is 1. The number of carbonyl (C=O) groups excluding carboxylic acids is 2. The molecule has 0 unspecified atom stereocenters. The summed E-state index contributed by atoms with van der Waals surface area (Å²) in [7, 11) is 2.99. The summed E-state index contributed by atoms with van der Waals surface area (Å²) >= 11 is 6.14. The van der Waals surface area contributed by atoms with Gasteiger partial charge < -0.3 is 24.1 Å². The van der Waals surface area contributed by atoms with Gasteiger partial charge in [0, 0.05) is 36.7 Å². The number of halogens is 1. The second kappa shape index (κ2) is 14.5. The summed E-state index contributed by atoms with van der Waals surface area (Å²) in [6.07, 6.45) is 8.07. The lowest BCUT2D eigenvalue weighted by Crippen LogP contribution is -2.36. The van der Waals surface area contributed by atoms with Crippen molar-refractivity contribution in [1.29, 1.82) is 0 Å². The second-order valence-electron chi connectivity index (χ2n) is 12.3. The number of fused-ring (bicyclic) bond motifs is 1. The maximum Gasteiger partial charge on any atom is 0.287 e. The number of ether oxygens (including phenoxy) is 2. The van der Waals surface area contributed by atoms with E-state index >= 15 is 0 Å². The molecule has 0 spiro atoms. The standard InChI is InChI=1S/C38H39ClN2O6/c1-45-34-20-31-32(42)21-36(47-33(31)22-35(34)46-2)38(44)40-29(19-25-11-15-28(39)16-12-25)18-24-9-13-26(14-10-24)30-7-4-3-6-27(30)23-41-17-5-8-37(41)43/h3-4,6-7,11-12,15-16,18,20-22,26,29H,5,8-10,13-14,17,19,23H2,1-2H3,(H,40,44)/t26?,29-/m1/s1. The first kappa shape index (κ1) is 32.4. The van der Waals surface area contributed by atoms with E-state index in [0.717, 1.165) is 44.2 Å². The Balaban J connectivity index is 1.21. The lowest BCUT2D eigenvalue weighted by atomic mass is 9.79. The average molecular weight is 655 g/mol. The van der Waals surface area contributed by atoms with Crippen molar-refractivity contribution in [3.8, 4) is 11.5 Å². The quantitative estimate of drug-likeness (QED) is 0.182. The SMILES string of the molecule is COc1cc2oc(C(=O)N[C@H](C=C3CCC(c4ccccc4CN4CCCC4=O)CC3)Cc3ccc(Cl)cc3)cc(=O)c2cc1OC. The van der Waals surface area contributed by atoms with Crippen LogP contribution in [-0.4, -0.2) is 43.5 Å². The molecular formula is C38H39ClN2O6. The summed E-state index contributed by atoms with van der Waals surface area (Å²) in [5.41, 5.74) is 4.76. The molecule has 8 nitrogen and oxygen atoms in total. The van der Waals surface area contributed by atoms with Crippen LogP contribution in [0.5, 0.6) is 11.5 Å². The minimum absolute atomic E-state index is 0.0778. The van der Waals surface area contributed by atoms with Crippen LogP contribution in [0.1, 0.15) is 71.7 Å². The van der Waals surface area contributed by atoms with Gasteiger partial charge in [-0.1, -0.05) is 59.6 Å². The van der Waals surface area contributed by atoms with Gasteiger partial charge in [-0.2, -0.15) is 0 Å². The van der Waals surface area contributed by atoms with E-state index in [4.69, 9.17) is 25.5 Å². The third-order valence-electron chi connectivity index (χ3n) is 9.23. The highest BCUT2D eigenvalue weighted by Gasteiger charge is 2.26. The number of nitrogens with zero attached hydrogens (tertiary/aromatic N) is 1. The van der Waals surface area contributed by atoms with Gasteiger partial charge in [-0.3, -0.25) is 14.4 Å². The van der Waals surface area contributed by atoms with Crippen LogP contribution in [0.25, 0.3) is 11.0 Å². The zero-order valence-corrected chi connectivity index (χ0v) is 27.5. The summed E-state index contributed by atoms with van der Waals surface area (Å²) in [6.45, 7) is 1.51. The van der Waals surface area contributed by atoms with Crippen LogP contribution in [0.2, 0.25) is 5.02 Å². The van der Waals surface area contributed by atoms with Gasteiger partial charge in [0.1, 0.15) is 5.58 Å². The molecule has 1 aliphatic heterocycles. The molecule has 0 radical (unpaired) electrons. The molecule has 4 aromatic rings. The number of benzene rings is 3. The largest absolute Gasteiger partial charge is 0.493 e. The number of hydrogen-bond donors (Lipinski definition) is 1. The zero-order chi connectivity index (χ0) is 32.9. The van der Waals surface area contributed by atoms with E-state index < -0.39 is 5.91 Å². The topological polar surface area (TPSA) is 98.1 Å². The summed E-state index contributed by atoms with van der Waals surface area (Å²) in [6, 6.07) is 20.1. The molecule has 1 aromatic heterocycles. The highest BCUT2D eigenvalue weighted by atomic mass is 35.5. The minimum atomic E-state index is -0.478. The molecule has 47 heavy (non-hydrogen) atoms. The number of allylic oxidation sites excluding steroid dienone is 1. The van der Waals surface area contributed by atoms with Crippen molar-refractivity contribution in [2.45, 2.75) is 63.5 Å². The first-order valence-corrected chi connectivity index (χ1v) is 16.5. The van der Waals surface area contributed by atoms with Crippen LogP contribution >= 0.6 is 11.6 Å². The number of amides is 2. The summed E-state index contributed by atoms with van der Waals surface area (Å²) < 4.78 is 16.6. The van der Waals surface area contributed by atoms with Crippen LogP contribution in [0.4, 0.5) is 0 Å². The minimum Gasteiger partial charge on any atom is -0.493 e. The Morgan fingerprint density at radius 3 is 2.43 bits per heavy atom. The Kier molecular flexibility index (Phi) is 9.97. The molecule has 0 bridgehead atoms. The maximum absolute atomic E-state index is 13.6. The Labute approximate surface area is 279 Å². The fourth-order valence-corrected chi connectivity index (χ4v) is 6.89. The van der Waals surface area contributed by atoms with E-state index in [1.54, 1.807) is 12.1 Å². The van der Waals surface area contributed by atoms with Crippen LogP contribution in [0.15, 0.2) is 87.6 Å². The normalized spacial score (nSPS) is 17.1. The van der Waals surface area contributed by atoms with Crippen LogP contribution in [0, 0.1) is 0 Å². The van der Waals surface area contributed by atoms with E-state index in [9.17, 15) is 14.4 Å². The van der Waals surface area contributed by atoms with Gasteiger partial charge in [0.25, 0.3) is 5.91 Å². The Hall–Kier alpha value is -4.56. The Bertz CT molecular complexity index is 1850. The fourth-order valence-electron chi connectivity index (χ4n) is 6.76. The lowest BCUT2D eigenvalue weighted by molar-refractivity contribution is -0.128. The Morgan fingerprint density at radius 2 is 1.72 bits per heavy atom. The lowest BCUT2D eigenvalue weighted by Gasteiger charge is -2.28. The predicted molar refractivity (Wildman–Crippen MR) is 182 cm³/mol. The van der Waals surface area contributed by atoms with E-state index in [1.165, 1.54) is 37.0 Å². The van der Waals surface area contributed by atoms with Crippen molar-refractivity contribution in [3.05, 3.63) is 116 Å². The third kappa shape index (κ3) is 7.54. The molecule has 2 heterocycles. The second-order valence-corrected chi connectivity index (χ2v) is 12.7. The van der Waals surface area contributed by atoms with Gasteiger partial charge in [-0.15, -0.1) is 0 Å². The Morgan fingerprint density at radius 1 is 1.00 bits per heavy atom. The molecule has 2 amide bonds. The van der Waals surface area contributed by atoms with E-state index in [0.29, 0.717) is 47.2 Å². The van der Waals surface area contributed by atoms with E-state index in [1.807, 2.05) is 29.2 Å². The van der Waals surface area contributed by atoms with Crippen molar-refractivity contribution < 1.29 is 23.5 Å². The molecule has 9 heteroatoms. The molecule has 6 rings (SSSR count). The molecule has 3 aromatic carbocycles. The molecule has 2 fully saturated rings. The number of methoxy groups -OCH3 is 2. The summed E-state index contributed by atoms with van der Waals surface area (Å²) in [4.78, 5) is 40.9. The van der Waals surface area contributed by atoms with Crippen LogP contribution < -0.4 is 20.2 Å². The van der Waals surface area contributed by atoms with Crippen molar-refractivity contribution >= 4 is 34.4 Å². The van der Waals surface area contributed by atoms with E-state index in [-0.39, 0.29) is 28.7 Å². The van der Waals surface area contributed by atoms with Gasteiger partial charge in [0.05, 0.1) is 25.6 Å². The van der Waals surface area contributed by atoms with Crippen LogP contribution in [-0.2, 0) is 17.8 Å². The number of likely N-dealkylation sites (tertiary alicyclic amines) is 1. The van der Waals surface area contributed by atoms with Gasteiger partial charge in [-0.05, 0) is 79.3 Å². The van der Waals surface area contributed by atoms with Gasteiger partial charge >= 0.3 is 0 Å². The maximum atomic E-state index is 13.6. The highest BCUT2D eigenvalue weighted by molar-refractivity contribution is 6.30. The predicted octanol–water partition coefficient (Wildman–Crippen LogP) is 7.21. The molecule has 1 N–H and O–H groups in total. The van der Waals surface area contributed by atoms with Gasteiger partial charge in [0.15, 0.2) is 22.7 Å². The smallest absolute Gasteiger partial charge is 0.287 e. The van der Waals surface area contributed by atoms with Crippen molar-refractivity contribution in [2.24, 2.45) is 0 Å². The van der Waals surface area contributed by atoms with E-state index in [2.05, 4.69) is 35.7 Å². The molecule has 2 aliphatic rings. The van der Waals surface area contributed by atoms with Crippen molar-refractivity contribution in [1.82, 2.24) is 10.2 Å². The highest BCUT2D eigenvalue weighted by Crippen LogP contribution is 2.38. The molecule has 1 aliphatic carbocycles. The molecule has 1 saturated carbocycles. The number of carbonyl (C=O) groups is 2. The molecule has 1 saturated heterocycles. The number of hydrogen-bond acceptors (Lipinski definition) is 6. The van der Waals surface area contributed by atoms with Gasteiger partial charge in [-0.25, -0.2) is 0 Å².